The zero-order valence-electron chi connectivity index (χ0n) is 15.3. The van der Waals surface area contributed by atoms with Crippen LogP contribution in [-0.4, -0.2) is 14.3 Å². The van der Waals surface area contributed by atoms with Gasteiger partial charge in [-0.15, -0.1) is 0 Å². The quantitative estimate of drug-likeness (QED) is 0.666. The number of ether oxygens (including phenoxy) is 1. The first kappa shape index (κ1) is 19.6. The Balaban J connectivity index is 1.66. The predicted molar refractivity (Wildman–Crippen MR) is 108 cm³/mol. The van der Waals surface area contributed by atoms with Crippen molar-refractivity contribution in [2.45, 2.75) is 18.4 Å². The minimum atomic E-state index is -3.86. The van der Waals surface area contributed by atoms with Crippen LogP contribution >= 0.6 is 0 Å². The van der Waals surface area contributed by atoms with Crippen molar-refractivity contribution in [3.8, 4) is 5.75 Å². The molecule has 3 aromatic carbocycles. The number of primary sulfonamides is 1. The Morgan fingerprint density at radius 2 is 1.68 bits per heavy atom. The molecule has 1 amide bonds. The molecule has 0 aliphatic heterocycles. The van der Waals surface area contributed by atoms with Crippen molar-refractivity contribution in [2.24, 2.45) is 5.14 Å². The molecule has 0 saturated heterocycles. The average molecular weight is 396 g/mol. The smallest absolute Gasteiger partial charge is 0.255 e. The average Bonchev–Trinajstić information content (AvgIpc) is 2.68. The summed E-state index contributed by atoms with van der Waals surface area (Å²) in [4.78, 5) is 12.4. The molecule has 0 radical (unpaired) electrons. The normalized spacial score (nSPS) is 11.1. The van der Waals surface area contributed by atoms with Crippen LogP contribution in [0.15, 0.2) is 77.7 Å². The molecule has 0 atom stereocenters. The number of nitrogens with one attached hydrogen (secondary N) is 1. The summed E-state index contributed by atoms with van der Waals surface area (Å²) in [5.74, 6) is 0.283. The molecule has 7 heteroatoms. The van der Waals surface area contributed by atoms with Gasteiger partial charge in [-0.3, -0.25) is 4.79 Å². The summed E-state index contributed by atoms with van der Waals surface area (Å²) < 4.78 is 28.9. The first-order chi connectivity index (χ1) is 13.3. The number of nitrogens with two attached hydrogens (primary N) is 1. The molecule has 0 aliphatic carbocycles. The van der Waals surface area contributed by atoms with Crippen LogP contribution in [0.2, 0.25) is 0 Å². The maximum absolute atomic E-state index is 12.4. The summed E-state index contributed by atoms with van der Waals surface area (Å²) in [6, 6.07) is 21.0. The minimum Gasteiger partial charge on any atom is -0.489 e. The Bertz CT molecular complexity index is 1080. The number of aryl methyl sites for hydroxylation is 1. The third-order valence-corrected chi connectivity index (χ3v) is 5.17. The summed E-state index contributed by atoms with van der Waals surface area (Å²) in [5, 5.41) is 7.88. The number of benzene rings is 3. The lowest BCUT2D eigenvalue weighted by Gasteiger charge is -2.10. The van der Waals surface area contributed by atoms with E-state index in [1.165, 1.54) is 6.07 Å². The van der Waals surface area contributed by atoms with Crippen LogP contribution in [0.4, 0.5) is 5.69 Å². The second kappa shape index (κ2) is 8.24. The fourth-order valence-corrected chi connectivity index (χ4v) is 3.44. The molecule has 144 valence electrons. The molecule has 0 saturated carbocycles. The molecule has 28 heavy (non-hydrogen) atoms. The van der Waals surface area contributed by atoms with E-state index in [0.29, 0.717) is 29.2 Å². The van der Waals surface area contributed by atoms with Crippen LogP contribution in [0.1, 0.15) is 21.5 Å². The Hall–Kier alpha value is -3.16. The number of hydrogen-bond acceptors (Lipinski definition) is 4. The van der Waals surface area contributed by atoms with Gasteiger partial charge in [0, 0.05) is 11.3 Å². The van der Waals surface area contributed by atoms with Gasteiger partial charge in [0.25, 0.3) is 5.91 Å². The Morgan fingerprint density at radius 3 is 2.32 bits per heavy atom. The molecule has 3 rings (SSSR count). The highest BCUT2D eigenvalue weighted by molar-refractivity contribution is 7.89. The number of rotatable bonds is 6. The molecule has 3 aromatic rings. The summed E-state index contributed by atoms with van der Waals surface area (Å²) in [6.45, 7) is 2.08. The van der Waals surface area contributed by atoms with Crippen molar-refractivity contribution in [1.29, 1.82) is 0 Å². The zero-order chi connectivity index (χ0) is 20.1. The van der Waals surface area contributed by atoms with Crippen LogP contribution in [0.25, 0.3) is 0 Å². The summed E-state index contributed by atoms with van der Waals surface area (Å²) in [5.41, 5.74) is 2.34. The predicted octanol–water partition coefficient (Wildman–Crippen LogP) is 3.47. The van der Waals surface area contributed by atoms with E-state index in [4.69, 9.17) is 9.88 Å². The summed E-state index contributed by atoms with van der Waals surface area (Å²) >= 11 is 0. The SMILES string of the molecule is Cc1ccc(NC(=O)c2ccc(OCc3ccccc3)cc2)cc1S(N)(=O)=O. The molecule has 0 spiro atoms. The van der Waals surface area contributed by atoms with Gasteiger partial charge >= 0.3 is 0 Å². The monoisotopic (exact) mass is 396 g/mol. The number of amides is 1. The van der Waals surface area contributed by atoms with Crippen molar-refractivity contribution >= 4 is 21.6 Å². The summed E-state index contributed by atoms with van der Waals surface area (Å²) in [6.07, 6.45) is 0. The third kappa shape index (κ3) is 4.97. The van der Waals surface area contributed by atoms with E-state index >= 15 is 0 Å². The van der Waals surface area contributed by atoms with Crippen LogP contribution in [0.5, 0.6) is 5.75 Å². The Morgan fingerprint density at radius 1 is 1.00 bits per heavy atom. The largest absolute Gasteiger partial charge is 0.489 e. The summed E-state index contributed by atoms with van der Waals surface area (Å²) in [7, 11) is -3.86. The van der Waals surface area contributed by atoms with E-state index in [0.717, 1.165) is 5.56 Å². The van der Waals surface area contributed by atoms with Gasteiger partial charge in [-0.25, -0.2) is 13.6 Å². The Kier molecular flexibility index (Phi) is 5.77. The van der Waals surface area contributed by atoms with Crippen molar-refractivity contribution < 1.29 is 17.9 Å². The van der Waals surface area contributed by atoms with E-state index in [1.54, 1.807) is 43.3 Å². The lowest BCUT2D eigenvalue weighted by molar-refractivity contribution is 0.102. The van der Waals surface area contributed by atoms with Gasteiger partial charge in [0.15, 0.2) is 0 Å². The van der Waals surface area contributed by atoms with Crippen LogP contribution < -0.4 is 15.2 Å². The molecular weight excluding hydrogens is 376 g/mol. The van der Waals surface area contributed by atoms with Crippen LogP contribution in [-0.2, 0) is 16.6 Å². The number of hydrogen-bond donors (Lipinski definition) is 2. The van der Waals surface area contributed by atoms with Gasteiger partial charge in [-0.1, -0.05) is 36.4 Å². The standard InChI is InChI=1S/C21H20N2O4S/c1-15-7-10-18(13-20(15)28(22,25)26)23-21(24)17-8-11-19(12-9-17)27-14-16-5-3-2-4-6-16/h2-13H,14H2,1H3,(H,23,24)(H2,22,25,26). The van der Waals surface area contributed by atoms with Crippen LogP contribution in [0.3, 0.4) is 0 Å². The van der Waals surface area contributed by atoms with E-state index < -0.39 is 10.0 Å². The van der Waals surface area contributed by atoms with Gasteiger partial charge in [0.2, 0.25) is 10.0 Å². The lowest BCUT2D eigenvalue weighted by Crippen LogP contribution is -2.16. The van der Waals surface area contributed by atoms with Gasteiger partial charge in [-0.2, -0.15) is 0 Å². The number of anilines is 1. The van der Waals surface area contributed by atoms with Gasteiger partial charge < -0.3 is 10.1 Å². The second-order valence-corrected chi connectivity index (χ2v) is 7.81. The highest BCUT2D eigenvalue weighted by Crippen LogP contribution is 2.20. The van der Waals surface area contributed by atoms with Gasteiger partial charge in [-0.05, 0) is 54.4 Å². The van der Waals surface area contributed by atoms with Crippen molar-refractivity contribution in [2.75, 3.05) is 5.32 Å². The molecule has 3 N–H and O–H groups in total. The van der Waals surface area contributed by atoms with E-state index in [2.05, 4.69) is 5.32 Å². The molecule has 6 nitrogen and oxygen atoms in total. The van der Waals surface area contributed by atoms with Gasteiger partial charge in [0.1, 0.15) is 12.4 Å². The maximum atomic E-state index is 12.4. The minimum absolute atomic E-state index is 0.0186. The topological polar surface area (TPSA) is 98.5 Å². The molecule has 0 aromatic heterocycles. The fourth-order valence-electron chi connectivity index (χ4n) is 2.63. The first-order valence-electron chi connectivity index (χ1n) is 8.54. The molecule has 0 heterocycles. The molecule has 0 unspecified atom stereocenters. The molecular formula is C21H20N2O4S. The van der Waals surface area contributed by atoms with E-state index in [9.17, 15) is 13.2 Å². The number of carbonyl (C=O) groups is 1. The van der Waals surface area contributed by atoms with Crippen molar-refractivity contribution in [3.05, 3.63) is 89.5 Å². The van der Waals surface area contributed by atoms with Crippen molar-refractivity contribution in [1.82, 2.24) is 0 Å². The van der Waals surface area contributed by atoms with Crippen LogP contribution in [0, 0.1) is 6.92 Å². The number of sulfonamides is 1. The highest BCUT2D eigenvalue weighted by Gasteiger charge is 2.14. The van der Waals surface area contributed by atoms with E-state index in [1.807, 2.05) is 30.3 Å². The zero-order valence-corrected chi connectivity index (χ0v) is 16.1. The van der Waals surface area contributed by atoms with E-state index in [-0.39, 0.29) is 10.8 Å². The highest BCUT2D eigenvalue weighted by atomic mass is 32.2. The fraction of sp³-hybridized carbons (Fsp3) is 0.0952. The Labute approximate surface area is 164 Å². The van der Waals surface area contributed by atoms with Crippen molar-refractivity contribution in [3.63, 3.8) is 0 Å². The van der Waals surface area contributed by atoms with Gasteiger partial charge in [0.05, 0.1) is 4.90 Å². The third-order valence-electron chi connectivity index (χ3n) is 4.12. The lowest BCUT2D eigenvalue weighted by atomic mass is 10.2. The number of carbonyl (C=O) groups excluding carboxylic acids is 1. The maximum Gasteiger partial charge on any atom is 0.255 e. The first-order valence-corrected chi connectivity index (χ1v) is 10.1. The molecule has 0 aliphatic rings. The molecule has 0 fully saturated rings. The second-order valence-electron chi connectivity index (χ2n) is 6.28. The molecule has 0 bridgehead atoms.